The van der Waals surface area contributed by atoms with Gasteiger partial charge in [0.2, 0.25) is 0 Å². The van der Waals surface area contributed by atoms with Crippen molar-refractivity contribution in [2.45, 2.75) is 13.8 Å². The molecular formula is C17H19NO2. The summed E-state index contributed by atoms with van der Waals surface area (Å²) >= 11 is 0. The molecule has 0 aliphatic carbocycles. The summed E-state index contributed by atoms with van der Waals surface area (Å²) < 4.78 is 5.54. The largest absolute Gasteiger partial charge is 0.493 e. The third-order valence-corrected chi connectivity index (χ3v) is 2.97. The molecule has 3 nitrogen and oxygen atoms in total. The lowest BCUT2D eigenvalue weighted by Crippen LogP contribution is -2.09. The van der Waals surface area contributed by atoms with Crippen molar-refractivity contribution in [3.8, 4) is 5.75 Å². The second-order valence-corrected chi connectivity index (χ2v) is 4.33. The summed E-state index contributed by atoms with van der Waals surface area (Å²) in [4.78, 5) is 12.7. The maximum absolute atomic E-state index is 12.7. The van der Waals surface area contributed by atoms with E-state index in [2.05, 4.69) is 5.32 Å². The minimum absolute atomic E-state index is 0.0226. The minimum Gasteiger partial charge on any atom is -0.493 e. The van der Waals surface area contributed by atoms with E-state index in [1.807, 2.05) is 56.3 Å². The van der Waals surface area contributed by atoms with Crippen LogP contribution in [0, 0.1) is 0 Å². The fraction of sp³-hybridized carbons (Fsp3) is 0.235. The molecule has 2 aromatic rings. The predicted molar refractivity (Wildman–Crippen MR) is 81.6 cm³/mol. The zero-order chi connectivity index (χ0) is 14.4. The van der Waals surface area contributed by atoms with Gasteiger partial charge < -0.3 is 10.1 Å². The van der Waals surface area contributed by atoms with Gasteiger partial charge in [-0.1, -0.05) is 24.3 Å². The van der Waals surface area contributed by atoms with Gasteiger partial charge in [-0.15, -0.1) is 0 Å². The van der Waals surface area contributed by atoms with Crippen LogP contribution >= 0.6 is 0 Å². The third-order valence-electron chi connectivity index (χ3n) is 2.97. The molecule has 0 aliphatic heterocycles. The number of nitrogens with one attached hydrogen (secondary N) is 1. The van der Waals surface area contributed by atoms with Crippen LogP contribution in [-0.2, 0) is 0 Å². The second kappa shape index (κ2) is 6.75. The number of carbonyl (C=O) groups excluding carboxylic acids is 1. The Bertz CT molecular complexity index is 542. The lowest BCUT2D eigenvalue weighted by molar-refractivity contribution is 0.103. The van der Waals surface area contributed by atoms with Crippen LogP contribution in [0.1, 0.15) is 29.8 Å². The minimum atomic E-state index is -0.0226. The first-order chi connectivity index (χ1) is 9.77. The van der Waals surface area contributed by atoms with Gasteiger partial charge >= 0.3 is 0 Å². The number of ether oxygens (including phenoxy) is 1. The van der Waals surface area contributed by atoms with Crippen molar-refractivity contribution < 1.29 is 9.53 Å². The molecule has 2 rings (SSSR count). The van der Waals surface area contributed by atoms with Crippen molar-refractivity contribution in [1.82, 2.24) is 0 Å². The van der Waals surface area contributed by atoms with Gasteiger partial charge in [0.25, 0.3) is 0 Å². The maximum Gasteiger partial charge on any atom is 0.198 e. The highest BCUT2D eigenvalue weighted by atomic mass is 16.5. The highest BCUT2D eigenvalue weighted by molar-refractivity contribution is 6.13. The summed E-state index contributed by atoms with van der Waals surface area (Å²) in [5.41, 5.74) is 2.12. The molecule has 0 fully saturated rings. The average molecular weight is 269 g/mol. The first-order valence-corrected chi connectivity index (χ1v) is 6.87. The van der Waals surface area contributed by atoms with E-state index in [-0.39, 0.29) is 5.78 Å². The summed E-state index contributed by atoms with van der Waals surface area (Å²) in [5.74, 6) is 0.608. The highest BCUT2D eigenvalue weighted by Crippen LogP contribution is 2.25. The molecule has 0 amide bonds. The fourth-order valence-corrected chi connectivity index (χ4v) is 2.11. The van der Waals surface area contributed by atoms with E-state index in [0.717, 1.165) is 12.2 Å². The molecule has 0 atom stereocenters. The summed E-state index contributed by atoms with van der Waals surface area (Å²) in [6, 6.07) is 14.9. The van der Waals surface area contributed by atoms with Crippen LogP contribution in [0.25, 0.3) is 0 Å². The average Bonchev–Trinajstić information content (AvgIpc) is 2.48. The zero-order valence-electron chi connectivity index (χ0n) is 11.8. The number of para-hydroxylation sites is 2. The Morgan fingerprint density at radius 1 is 1.00 bits per heavy atom. The van der Waals surface area contributed by atoms with E-state index < -0.39 is 0 Å². The van der Waals surface area contributed by atoms with Crippen molar-refractivity contribution in [2.24, 2.45) is 0 Å². The van der Waals surface area contributed by atoms with Crippen LogP contribution < -0.4 is 10.1 Å². The number of hydrogen-bond donors (Lipinski definition) is 1. The number of benzene rings is 2. The lowest BCUT2D eigenvalue weighted by atomic mass is 10.0. The van der Waals surface area contributed by atoms with E-state index in [4.69, 9.17) is 4.74 Å². The standard InChI is InChI=1S/C17H19NO2/c1-3-18-15-11-7-5-9-13(15)17(19)14-10-6-8-12-16(14)20-4-2/h5-12,18H,3-4H2,1-2H3. The Hall–Kier alpha value is -2.29. The molecule has 0 unspecified atom stereocenters. The Labute approximate surface area is 119 Å². The Balaban J connectivity index is 2.41. The molecule has 104 valence electrons. The SMILES string of the molecule is CCNc1ccccc1C(=O)c1ccccc1OCC. The van der Waals surface area contributed by atoms with E-state index in [1.54, 1.807) is 6.07 Å². The molecule has 0 heterocycles. The van der Waals surface area contributed by atoms with Gasteiger partial charge in [0, 0.05) is 17.8 Å². The Morgan fingerprint density at radius 2 is 1.65 bits per heavy atom. The zero-order valence-corrected chi connectivity index (χ0v) is 11.8. The van der Waals surface area contributed by atoms with Crippen LogP contribution in [-0.4, -0.2) is 18.9 Å². The molecule has 0 spiro atoms. The van der Waals surface area contributed by atoms with Gasteiger partial charge in [-0.25, -0.2) is 0 Å². The first kappa shape index (κ1) is 14.1. The maximum atomic E-state index is 12.7. The molecule has 0 bridgehead atoms. The summed E-state index contributed by atoms with van der Waals surface area (Å²) in [6.45, 7) is 5.24. The highest BCUT2D eigenvalue weighted by Gasteiger charge is 2.16. The molecule has 3 heteroatoms. The predicted octanol–water partition coefficient (Wildman–Crippen LogP) is 3.75. The number of ketones is 1. The van der Waals surface area contributed by atoms with Crippen LogP contribution in [0.4, 0.5) is 5.69 Å². The van der Waals surface area contributed by atoms with Crippen LogP contribution in [0.3, 0.4) is 0 Å². The monoisotopic (exact) mass is 269 g/mol. The van der Waals surface area contributed by atoms with E-state index >= 15 is 0 Å². The van der Waals surface area contributed by atoms with Crippen molar-refractivity contribution in [3.63, 3.8) is 0 Å². The van der Waals surface area contributed by atoms with Crippen LogP contribution in [0.5, 0.6) is 5.75 Å². The summed E-state index contributed by atoms with van der Waals surface area (Å²) in [5, 5.41) is 3.22. The molecule has 0 radical (unpaired) electrons. The quantitative estimate of drug-likeness (QED) is 0.812. The van der Waals surface area contributed by atoms with Crippen LogP contribution in [0.2, 0.25) is 0 Å². The molecule has 0 aliphatic rings. The van der Waals surface area contributed by atoms with Gasteiger partial charge in [0.1, 0.15) is 5.75 Å². The van der Waals surface area contributed by atoms with Gasteiger partial charge in [-0.3, -0.25) is 4.79 Å². The molecule has 20 heavy (non-hydrogen) atoms. The molecule has 0 aromatic heterocycles. The molecule has 0 saturated carbocycles. The van der Waals surface area contributed by atoms with Gasteiger partial charge in [-0.05, 0) is 38.1 Å². The molecule has 0 saturated heterocycles. The Kier molecular flexibility index (Phi) is 4.77. The fourth-order valence-electron chi connectivity index (χ4n) is 2.11. The van der Waals surface area contributed by atoms with Gasteiger partial charge in [-0.2, -0.15) is 0 Å². The van der Waals surface area contributed by atoms with Crippen molar-refractivity contribution in [3.05, 3.63) is 59.7 Å². The first-order valence-electron chi connectivity index (χ1n) is 6.87. The molecular weight excluding hydrogens is 250 g/mol. The van der Waals surface area contributed by atoms with Gasteiger partial charge in [0.15, 0.2) is 5.78 Å². The van der Waals surface area contributed by atoms with E-state index in [9.17, 15) is 4.79 Å². The smallest absolute Gasteiger partial charge is 0.198 e. The lowest BCUT2D eigenvalue weighted by Gasteiger charge is -2.12. The third kappa shape index (κ3) is 2.99. The number of carbonyl (C=O) groups is 1. The number of anilines is 1. The van der Waals surface area contributed by atoms with Crippen LogP contribution in [0.15, 0.2) is 48.5 Å². The van der Waals surface area contributed by atoms with E-state index in [0.29, 0.717) is 23.5 Å². The van der Waals surface area contributed by atoms with Gasteiger partial charge in [0.05, 0.1) is 12.2 Å². The second-order valence-electron chi connectivity index (χ2n) is 4.33. The summed E-state index contributed by atoms with van der Waals surface area (Å²) in [6.07, 6.45) is 0. The van der Waals surface area contributed by atoms with E-state index in [1.165, 1.54) is 0 Å². The topological polar surface area (TPSA) is 38.3 Å². The number of rotatable bonds is 6. The van der Waals surface area contributed by atoms with Crippen molar-refractivity contribution >= 4 is 11.5 Å². The summed E-state index contributed by atoms with van der Waals surface area (Å²) in [7, 11) is 0. The normalized spacial score (nSPS) is 10.1. The Morgan fingerprint density at radius 3 is 2.35 bits per heavy atom. The molecule has 2 aromatic carbocycles. The van der Waals surface area contributed by atoms with Crippen molar-refractivity contribution in [2.75, 3.05) is 18.5 Å². The molecule has 1 N–H and O–H groups in total. The number of hydrogen-bond acceptors (Lipinski definition) is 3. The van der Waals surface area contributed by atoms with Crippen molar-refractivity contribution in [1.29, 1.82) is 0 Å².